The number of hydrogen-bond acceptors (Lipinski definition) is 4. The second kappa shape index (κ2) is 9.21. The van der Waals surface area contributed by atoms with Crippen molar-refractivity contribution in [2.75, 3.05) is 11.9 Å². The van der Waals surface area contributed by atoms with Gasteiger partial charge in [0.1, 0.15) is 5.75 Å². The predicted molar refractivity (Wildman–Crippen MR) is 104 cm³/mol. The highest BCUT2D eigenvalue weighted by molar-refractivity contribution is 5.95. The first-order chi connectivity index (χ1) is 12.8. The maximum atomic E-state index is 12.8. The van der Waals surface area contributed by atoms with Crippen molar-refractivity contribution < 1.29 is 19.4 Å². The Morgan fingerprint density at radius 2 is 1.67 bits per heavy atom. The van der Waals surface area contributed by atoms with Gasteiger partial charge in [0.25, 0.3) is 0 Å². The van der Waals surface area contributed by atoms with E-state index in [1.165, 1.54) is 6.92 Å². The summed E-state index contributed by atoms with van der Waals surface area (Å²) in [6.07, 6.45) is 0.334. The van der Waals surface area contributed by atoms with E-state index in [0.29, 0.717) is 24.5 Å². The van der Waals surface area contributed by atoms with Crippen molar-refractivity contribution in [1.29, 1.82) is 0 Å². The molecule has 0 aromatic heterocycles. The van der Waals surface area contributed by atoms with E-state index in [1.54, 1.807) is 24.3 Å². The summed E-state index contributed by atoms with van der Waals surface area (Å²) in [6, 6.07) is 13.0. The molecule has 0 spiro atoms. The number of hydrogen-bond donors (Lipinski definition) is 1. The highest BCUT2D eigenvalue weighted by Crippen LogP contribution is 2.23. The van der Waals surface area contributed by atoms with Gasteiger partial charge in [-0.15, -0.1) is 0 Å². The smallest absolute Gasteiger partial charge is 0.228 e. The van der Waals surface area contributed by atoms with E-state index < -0.39 is 17.8 Å². The number of carbonyl (C=O) groups excluding carboxylic acids is 2. The standard InChI is InChI=1S/C22H27NO4/c1-5-27-19-8-6-18(7-9-19)23-21(24)20(16(4)22(25)26)13-17-11-14(2)10-15(3)12-17/h6-12,16,20H,5,13H2,1-4H3,(H,23,24)(H,25,26)/p-1/t16-,20+/m0/s1. The van der Waals surface area contributed by atoms with Crippen molar-refractivity contribution in [2.24, 2.45) is 11.8 Å². The second-order valence-corrected chi connectivity index (χ2v) is 6.86. The summed E-state index contributed by atoms with van der Waals surface area (Å²) in [5, 5.41) is 14.2. The highest BCUT2D eigenvalue weighted by atomic mass is 16.5. The topological polar surface area (TPSA) is 78.5 Å². The summed E-state index contributed by atoms with van der Waals surface area (Å²) in [6.45, 7) is 7.93. The predicted octanol–water partition coefficient (Wildman–Crippen LogP) is 2.89. The SMILES string of the molecule is CCOc1ccc(NC(=O)[C@H](Cc2cc(C)cc(C)c2)[C@H](C)C(=O)[O-])cc1. The minimum absolute atomic E-state index is 0.334. The van der Waals surface area contributed by atoms with E-state index in [4.69, 9.17) is 4.74 Å². The lowest BCUT2D eigenvalue weighted by atomic mass is 9.86. The first kappa shape index (κ1) is 20.5. The van der Waals surface area contributed by atoms with Gasteiger partial charge in [-0.3, -0.25) is 4.79 Å². The first-order valence-corrected chi connectivity index (χ1v) is 9.12. The Hall–Kier alpha value is -2.82. The number of aryl methyl sites for hydroxylation is 2. The summed E-state index contributed by atoms with van der Waals surface area (Å²) in [4.78, 5) is 24.2. The largest absolute Gasteiger partial charge is 0.550 e. The third-order valence-corrected chi connectivity index (χ3v) is 4.48. The average Bonchev–Trinajstić information content (AvgIpc) is 2.60. The van der Waals surface area contributed by atoms with Crippen LogP contribution in [0.4, 0.5) is 5.69 Å². The van der Waals surface area contributed by atoms with Gasteiger partial charge < -0.3 is 20.0 Å². The lowest BCUT2D eigenvalue weighted by Gasteiger charge is -2.24. The van der Waals surface area contributed by atoms with E-state index in [0.717, 1.165) is 16.7 Å². The van der Waals surface area contributed by atoms with Gasteiger partial charge in [-0.25, -0.2) is 0 Å². The van der Waals surface area contributed by atoms with Crippen molar-refractivity contribution in [3.63, 3.8) is 0 Å². The van der Waals surface area contributed by atoms with Gasteiger partial charge in [0, 0.05) is 17.6 Å². The van der Waals surface area contributed by atoms with Gasteiger partial charge in [0.15, 0.2) is 0 Å². The number of carbonyl (C=O) groups is 2. The van der Waals surface area contributed by atoms with E-state index in [-0.39, 0.29) is 5.91 Å². The van der Waals surface area contributed by atoms with Crippen LogP contribution in [0.15, 0.2) is 42.5 Å². The number of rotatable bonds is 8. The molecular weight excluding hydrogens is 342 g/mol. The molecule has 2 atom stereocenters. The van der Waals surface area contributed by atoms with Crippen LogP contribution in [0.2, 0.25) is 0 Å². The zero-order valence-corrected chi connectivity index (χ0v) is 16.2. The molecule has 0 radical (unpaired) electrons. The number of aliphatic carboxylic acids is 1. The quantitative estimate of drug-likeness (QED) is 0.777. The molecule has 5 heteroatoms. The number of carboxylic acids is 1. The molecule has 0 aliphatic carbocycles. The van der Waals surface area contributed by atoms with Crippen molar-refractivity contribution in [2.45, 2.75) is 34.1 Å². The van der Waals surface area contributed by atoms with Crippen LogP contribution in [-0.2, 0) is 16.0 Å². The number of anilines is 1. The molecule has 0 aliphatic heterocycles. The summed E-state index contributed by atoms with van der Waals surface area (Å²) in [5.41, 5.74) is 3.69. The van der Waals surface area contributed by atoms with E-state index in [1.807, 2.05) is 39.0 Å². The number of amides is 1. The van der Waals surface area contributed by atoms with Crippen molar-refractivity contribution in [1.82, 2.24) is 0 Å². The second-order valence-electron chi connectivity index (χ2n) is 6.86. The molecule has 0 bridgehead atoms. The number of ether oxygens (including phenoxy) is 1. The Labute approximate surface area is 160 Å². The molecule has 0 fully saturated rings. The van der Waals surface area contributed by atoms with Crippen LogP contribution in [0.1, 0.15) is 30.5 Å². The summed E-state index contributed by atoms with van der Waals surface area (Å²) >= 11 is 0. The van der Waals surface area contributed by atoms with E-state index in [9.17, 15) is 14.7 Å². The third-order valence-electron chi connectivity index (χ3n) is 4.48. The molecule has 2 aromatic rings. The molecule has 1 N–H and O–H groups in total. The number of benzene rings is 2. The molecule has 27 heavy (non-hydrogen) atoms. The van der Waals surface area contributed by atoms with Crippen LogP contribution < -0.4 is 15.2 Å². The zero-order chi connectivity index (χ0) is 20.0. The summed E-state index contributed by atoms with van der Waals surface area (Å²) in [7, 11) is 0. The van der Waals surface area contributed by atoms with Crippen LogP contribution in [-0.4, -0.2) is 18.5 Å². The molecule has 144 valence electrons. The maximum Gasteiger partial charge on any atom is 0.228 e. The molecule has 0 saturated carbocycles. The summed E-state index contributed by atoms with van der Waals surface area (Å²) in [5.74, 6) is -2.50. The normalized spacial score (nSPS) is 12.9. The van der Waals surface area contributed by atoms with Gasteiger partial charge in [0.05, 0.1) is 12.5 Å². The van der Waals surface area contributed by atoms with E-state index in [2.05, 4.69) is 5.32 Å². The molecule has 2 rings (SSSR count). The molecule has 0 heterocycles. The Morgan fingerprint density at radius 1 is 1.07 bits per heavy atom. The minimum Gasteiger partial charge on any atom is -0.550 e. The molecule has 0 unspecified atom stereocenters. The van der Waals surface area contributed by atoms with Crippen molar-refractivity contribution in [3.05, 3.63) is 59.2 Å². The lowest BCUT2D eigenvalue weighted by Crippen LogP contribution is -2.40. The fourth-order valence-corrected chi connectivity index (χ4v) is 3.14. The Bertz CT molecular complexity index is 778. The van der Waals surface area contributed by atoms with Crippen LogP contribution in [0.5, 0.6) is 5.75 Å². The fraction of sp³-hybridized carbons (Fsp3) is 0.364. The first-order valence-electron chi connectivity index (χ1n) is 9.12. The lowest BCUT2D eigenvalue weighted by molar-refractivity contribution is -0.312. The zero-order valence-electron chi connectivity index (χ0n) is 16.2. The van der Waals surface area contributed by atoms with Gasteiger partial charge in [-0.05, 0) is 57.0 Å². The third kappa shape index (κ3) is 5.84. The fourth-order valence-electron chi connectivity index (χ4n) is 3.14. The van der Waals surface area contributed by atoms with Gasteiger partial charge in [-0.1, -0.05) is 36.2 Å². The van der Waals surface area contributed by atoms with Gasteiger partial charge >= 0.3 is 0 Å². The Balaban J connectivity index is 2.19. The van der Waals surface area contributed by atoms with Crippen LogP contribution in [0.25, 0.3) is 0 Å². The minimum atomic E-state index is -1.23. The molecule has 0 saturated heterocycles. The van der Waals surface area contributed by atoms with Crippen molar-refractivity contribution in [3.8, 4) is 5.75 Å². The number of carboxylic acid groups (broad SMARTS) is 1. The van der Waals surface area contributed by atoms with Crippen LogP contribution in [0, 0.1) is 25.7 Å². The maximum absolute atomic E-state index is 12.8. The monoisotopic (exact) mass is 368 g/mol. The molecule has 1 amide bonds. The molecule has 0 aliphatic rings. The Kier molecular flexibility index (Phi) is 6.99. The molecule has 2 aromatic carbocycles. The van der Waals surface area contributed by atoms with Crippen molar-refractivity contribution >= 4 is 17.6 Å². The van der Waals surface area contributed by atoms with Crippen LogP contribution >= 0.6 is 0 Å². The highest BCUT2D eigenvalue weighted by Gasteiger charge is 2.26. The van der Waals surface area contributed by atoms with Gasteiger partial charge in [-0.2, -0.15) is 0 Å². The number of nitrogens with one attached hydrogen (secondary N) is 1. The summed E-state index contributed by atoms with van der Waals surface area (Å²) < 4.78 is 5.39. The van der Waals surface area contributed by atoms with Gasteiger partial charge in [0.2, 0.25) is 5.91 Å². The molecular formula is C22H26NO4-. The average molecular weight is 368 g/mol. The molecule has 5 nitrogen and oxygen atoms in total. The Morgan fingerprint density at radius 3 is 2.19 bits per heavy atom. The van der Waals surface area contributed by atoms with Crippen LogP contribution in [0.3, 0.4) is 0 Å². The van der Waals surface area contributed by atoms with E-state index >= 15 is 0 Å².